The van der Waals surface area contributed by atoms with Crippen LogP contribution in [0, 0.1) is 0 Å². The van der Waals surface area contributed by atoms with Gasteiger partial charge in [0.2, 0.25) is 0 Å². The van der Waals surface area contributed by atoms with Crippen LogP contribution in [0.1, 0.15) is 11.1 Å². The van der Waals surface area contributed by atoms with E-state index in [9.17, 15) is 14.4 Å². The number of carbonyl (C=O) groups is 3. The first-order valence-electron chi connectivity index (χ1n) is 9.48. The predicted molar refractivity (Wildman–Crippen MR) is 123 cm³/mol. The van der Waals surface area contributed by atoms with Crippen LogP contribution in [-0.4, -0.2) is 41.7 Å². The zero-order valence-electron chi connectivity index (χ0n) is 17.2. The van der Waals surface area contributed by atoms with Crippen molar-refractivity contribution in [3.05, 3.63) is 71.8 Å². The van der Waals surface area contributed by atoms with Gasteiger partial charge in [0.15, 0.2) is 23.2 Å². The second-order valence-electron chi connectivity index (χ2n) is 6.68. The molecule has 2 aromatic rings. The number of hydrogen-bond acceptors (Lipinski definition) is 6. The maximum absolute atomic E-state index is 13.1. The van der Waals surface area contributed by atoms with Crippen molar-refractivity contribution in [3.8, 4) is 11.5 Å². The standard InChI is InChI=1S/C23H20N2O6S/c1-3-7-15-10-14(12-18(30-2)20(15)31-13-19(26)27)11-17-21(28)24-23(32)25(22(17)29)16-8-5-4-6-9-16/h3-6,8-12H,1,7,13H2,2H3,(H,26,27)(H,24,28,32)/b17-11-. The summed E-state index contributed by atoms with van der Waals surface area (Å²) in [7, 11) is 1.41. The Morgan fingerprint density at radius 3 is 2.59 bits per heavy atom. The van der Waals surface area contributed by atoms with Gasteiger partial charge in [-0.25, -0.2) is 4.79 Å². The van der Waals surface area contributed by atoms with Crippen LogP contribution in [0.2, 0.25) is 0 Å². The molecule has 32 heavy (non-hydrogen) atoms. The number of hydrogen-bond donors (Lipinski definition) is 2. The molecule has 1 fully saturated rings. The summed E-state index contributed by atoms with van der Waals surface area (Å²) in [5.74, 6) is -1.81. The van der Waals surface area contributed by atoms with Gasteiger partial charge in [-0.3, -0.25) is 19.8 Å². The van der Waals surface area contributed by atoms with Crippen LogP contribution < -0.4 is 19.7 Å². The maximum atomic E-state index is 13.1. The predicted octanol–water partition coefficient (Wildman–Crippen LogP) is 2.72. The van der Waals surface area contributed by atoms with Crippen molar-refractivity contribution in [2.45, 2.75) is 6.42 Å². The molecule has 0 aliphatic carbocycles. The molecular formula is C23H20N2O6S. The van der Waals surface area contributed by atoms with Gasteiger partial charge in [-0.1, -0.05) is 24.3 Å². The number of benzene rings is 2. The third-order valence-electron chi connectivity index (χ3n) is 4.51. The van der Waals surface area contributed by atoms with Crippen molar-refractivity contribution in [2.24, 2.45) is 0 Å². The number of amides is 2. The third kappa shape index (κ3) is 4.84. The Hall–Kier alpha value is -3.98. The fourth-order valence-corrected chi connectivity index (χ4v) is 3.44. The van der Waals surface area contributed by atoms with E-state index < -0.39 is 24.4 Å². The Kier molecular flexibility index (Phi) is 7.01. The summed E-state index contributed by atoms with van der Waals surface area (Å²) >= 11 is 5.19. The molecule has 0 saturated carbocycles. The monoisotopic (exact) mass is 452 g/mol. The van der Waals surface area contributed by atoms with E-state index in [1.165, 1.54) is 18.1 Å². The fourth-order valence-electron chi connectivity index (χ4n) is 3.16. The quantitative estimate of drug-likeness (QED) is 0.275. The second kappa shape index (κ2) is 9.88. The lowest BCUT2D eigenvalue weighted by Gasteiger charge is -2.28. The van der Waals surface area contributed by atoms with Crippen LogP contribution >= 0.6 is 12.2 Å². The highest BCUT2D eigenvalue weighted by Crippen LogP contribution is 2.34. The number of methoxy groups -OCH3 is 1. The molecule has 1 aliphatic heterocycles. The van der Waals surface area contributed by atoms with E-state index in [2.05, 4.69) is 11.9 Å². The molecule has 0 atom stereocenters. The van der Waals surface area contributed by atoms with E-state index >= 15 is 0 Å². The van der Waals surface area contributed by atoms with Gasteiger partial charge in [0.25, 0.3) is 11.8 Å². The highest BCUT2D eigenvalue weighted by atomic mass is 32.1. The minimum Gasteiger partial charge on any atom is -0.493 e. The van der Waals surface area contributed by atoms with Crippen molar-refractivity contribution in [3.63, 3.8) is 0 Å². The van der Waals surface area contributed by atoms with Crippen molar-refractivity contribution in [1.29, 1.82) is 0 Å². The third-order valence-corrected chi connectivity index (χ3v) is 4.79. The first-order chi connectivity index (χ1) is 15.3. The maximum Gasteiger partial charge on any atom is 0.341 e. The average molecular weight is 452 g/mol. The number of allylic oxidation sites excluding steroid dienone is 1. The van der Waals surface area contributed by atoms with Gasteiger partial charge in [0.05, 0.1) is 12.8 Å². The van der Waals surface area contributed by atoms with E-state index in [4.69, 9.17) is 26.8 Å². The largest absolute Gasteiger partial charge is 0.493 e. The topological polar surface area (TPSA) is 105 Å². The summed E-state index contributed by atoms with van der Waals surface area (Å²) in [5, 5.41) is 11.5. The van der Waals surface area contributed by atoms with Gasteiger partial charge in [0.1, 0.15) is 5.57 Å². The second-order valence-corrected chi connectivity index (χ2v) is 7.07. The lowest BCUT2D eigenvalue weighted by atomic mass is 10.0. The molecule has 1 heterocycles. The van der Waals surface area contributed by atoms with Gasteiger partial charge in [-0.05, 0) is 54.5 Å². The number of ether oxygens (including phenoxy) is 2. The summed E-state index contributed by atoms with van der Waals surface area (Å²) in [6, 6.07) is 12.0. The molecule has 2 aromatic carbocycles. The number of thiocarbonyl (C=S) groups is 1. The number of para-hydroxylation sites is 1. The van der Waals surface area contributed by atoms with Gasteiger partial charge < -0.3 is 14.6 Å². The highest BCUT2D eigenvalue weighted by molar-refractivity contribution is 7.80. The molecule has 1 saturated heterocycles. The molecule has 0 unspecified atom stereocenters. The van der Waals surface area contributed by atoms with E-state index in [1.807, 2.05) is 0 Å². The molecule has 0 spiro atoms. The molecule has 9 heteroatoms. The SMILES string of the molecule is C=CCc1cc(/C=C2/C(=O)NC(=S)N(c3ccccc3)C2=O)cc(OC)c1OCC(=O)O. The molecule has 0 aromatic heterocycles. The van der Waals surface area contributed by atoms with Crippen molar-refractivity contribution in [2.75, 3.05) is 18.6 Å². The minimum atomic E-state index is -1.13. The molecule has 0 radical (unpaired) electrons. The fraction of sp³-hybridized carbons (Fsp3) is 0.130. The molecule has 8 nitrogen and oxygen atoms in total. The number of carboxylic acids is 1. The van der Waals surface area contributed by atoms with Crippen LogP contribution in [0.3, 0.4) is 0 Å². The summed E-state index contributed by atoms with van der Waals surface area (Å²) in [5.41, 5.74) is 1.48. The Balaban J connectivity index is 2.05. The summed E-state index contributed by atoms with van der Waals surface area (Å²) in [4.78, 5) is 37.9. The number of anilines is 1. The van der Waals surface area contributed by atoms with E-state index in [0.29, 0.717) is 23.2 Å². The van der Waals surface area contributed by atoms with Gasteiger partial charge in [-0.15, -0.1) is 6.58 Å². The van der Waals surface area contributed by atoms with Crippen molar-refractivity contribution >= 4 is 46.9 Å². The van der Waals surface area contributed by atoms with Gasteiger partial charge in [-0.2, -0.15) is 0 Å². The molecule has 0 bridgehead atoms. The van der Waals surface area contributed by atoms with Crippen molar-refractivity contribution in [1.82, 2.24) is 5.32 Å². The number of carboxylic acid groups (broad SMARTS) is 1. The molecule has 3 rings (SSSR count). The smallest absolute Gasteiger partial charge is 0.341 e. The van der Waals surface area contributed by atoms with Crippen LogP contribution in [0.15, 0.2) is 60.7 Å². The number of nitrogens with one attached hydrogen (secondary N) is 1. The molecule has 2 N–H and O–H groups in total. The molecule has 2 amide bonds. The first kappa shape index (κ1) is 22.7. The van der Waals surface area contributed by atoms with Crippen LogP contribution in [0.25, 0.3) is 6.08 Å². The van der Waals surface area contributed by atoms with Crippen molar-refractivity contribution < 1.29 is 29.0 Å². The summed E-state index contributed by atoms with van der Waals surface area (Å²) in [6.07, 6.45) is 3.39. The minimum absolute atomic E-state index is 0.00862. The summed E-state index contributed by atoms with van der Waals surface area (Å²) in [6.45, 7) is 3.15. The van der Waals surface area contributed by atoms with Crippen LogP contribution in [0.5, 0.6) is 11.5 Å². The van der Waals surface area contributed by atoms with Gasteiger partial charge >= 0.3 is 5.97 Å². The Morgan fingerprint density at radius 2 is 1.97 bits per heavy atom. The zero-order valence-corrected chi connectivity index (χ0v) is 18.0. The van der Waals surface area contributed by atoms with Gasteiger partial charge in [0, 0.05) is 5.56 Å². The van der Waals surface area contributed by atoms with Crippen LogP contribution in [-0.2, 0) is 20.8 Å². The number of nitrogens with zero attached hydrogens (tertiary/aromatic N) is 1. The highest BCUT2D eigenvalue weighted by Gasteiger charge is 2.34. The number of carbonyl (C=O) groups excluding carboxylic acids is 2. The lowest BCUT2D eigenvalue weighted by Crippen LogP contribution is -2.54. The normalized spacial score (nSPS) is 14.8. The number of rotatable bonds is 8. The van der Waals surface area contributed by atoms with E-state index in [-0.39, 0.29) is 22.2 Å². The molecule has 164 valence electrons. The average Bonchev–Trinajstić information content (AvgIpc) is 2.76. The number of aliphatic carboxylic acids is 1. The van der Waals surface area contributed by atoms with E-state index in [1.54, 1.807) is 48.5 Å². The summed E-state index contributed by atoms with van der Waals surface area (Å²) < 4.78 is 10.7. The van der Waals surface area contributed by atoms with Crippen LogP contribution in [0.4, 0.5) is 5.69 Å². The molecule has 1 aliphatic rings. The lowest BCUT2D eigenvalue weighted by molar-refractivity contribution is -0.139. The Bertz CT molecular complexity index is 1130. The zero-order chi connectivity index (χ0) is 23.3. The Morgan fingerprint density at radius 1 is 1.25 bits per heavy atom. The first-order valence-corrected chi connectivity index (χ1v) is 9.89. The molecular weight excluding hydrogens is 432 g/mol. The van der Waals surface area contributed by atoms with E-state index in [0.717, 1.165) is 0 Å². The Labute approximate surface area is 189 Å².